The Morgan fingerprint density at radius 3 is 2.00 bits per heavy atom. The smallest absolute Gasteiger partial charge is 0.333 e. The van der Waals surface area contributed by atoms with Crippen molar-refractivity contribution in [3.8, 4) is 0 Å². The van der Waals surface area contributed by atoms with E-state index in [1.807, 2.05) is 13.0 Å². The number of hydrogen-bond donors (Lipinski definition) is 0. The maximum absolute atomic E-state index is 12.5. The van der Waals surface area contributed by atoms with Crippen LogP contribution >= 0.6 is 0 Å². The fourth-order valence-electron chi connectivity index (χ4n) is 2.64. The van der Waals surface area contributed by atoms with E-state index in [0.717, 1.165) is 12.8 Å². The Labute approximate surface area is 129 Å². The fraction of sp³-hybridized carbons (Fsp3) is 0.750. The number of methoxy groups -OCH3 is 2. The minimum absolute atomic E-state index is 0.213. The Bertz CT molecular complexity index is 396. The summed E-state index contributed by atoms with van der Waals surface area (Å²) >= 11 is 0. The fourth-order valence-corrected chi connectivity index (χ4v) is 5.14. The number of ether oxygens (including phenoxy) is 2. The minimum Gasteiger partial charge on any atom is -0.469 e. The van der Waals surface area contributed by atoms with Gasteiger partial charge in [-0.25, -0.2) is 4.79 Å². The highest BCUT2D eigenvalue weighted by molar-refractivity contribution is 6.82. The summed E-state index contributed by atoms with van der Waals surface area (Å²) in [6.45, 7) is 10.5. The number of rotatable bonds is 8. The molecule has 1 atom stereocenters. The molecule has 0 aliphatic heterocycles. The predicted octanol–water partition coefficient (Wildman–Crippen LogP) is 3.94. The van der Waals surface area contributed by atoms with Gasteiger partial charge in [0.05, 0.1) is 27.3 Å². The molecule has 0 amide bonds. The van der Waals surface area contributed by atoms with E-state index < -0.39 is 13.1 Å². The van der Waals surface area contributed by atoms with E-state index in [1.54, 1.807) is 0 Å². The highest BCUT2D eigenvalue weighted by Gasteiger charge is 2.50. The summed E-state index contributed by atoms with van der Waals surface area (Å²) in [4.78, 5) is 24.5. The van der Waals surface area contributed by atoms with Crippen molar-refractivity contribution in [3.05, 3.63) is 11.6 Å². The molecule has 0 saturated carbocycles. The maximum atomic E-state index is 12.5. The van der Waals surface area contributed by atoms with Crippen LogP contribution in [0.1, 0.15) is 39.5 Å². The second-order valence-corrected chi connectivity index (χ2v) is 11.8. The van der Waals surface area contributed by atoms with E-state index in [1.165, 1.54) is 14.2 Å². The first kappa shape index (κ1) is 19.9. The van der Waals surface area contributed by atoms with Gasteiger partial charge in [0.15, 0.2) is 0 Å². The van der Waals surface area contributed by atoms with Crippen LogP contribution in [0.3, 0.4) is 0 Å². The van der Waals surface area contributed by atoms with Gasteiger partial charge in [0.1, 0.15) is 0 Å². The zero-order valence-electron chi connectivity index (χ0n) is 14.5. The molecule has 0 spiro atoms. The third kappa shape index (κ3) is 4.70. The molecule has 0 aliphatic carbocycles. The quantitative estimate of drug-likeness (QED) is 0.387. The molecule has 122 valence electrons. The number of hydrogen-bond acceptors (Lipinski definition) is 4. The first-order valence-electron chi connectivity index (χ1n) is 7.55. The van der Waals surface area contributed by atoms with E-state index in [4.69, 9.17) is 9.47 Å². The highest BCUT2D eigenvalue weighted by atomic mass is 28.3. The topological polar surface area (TPSA) is 52.6 Å². The van der Waals surface area contributed by atoms with Gasteiger partial charge < -0.3 is 9.47 Å². The van der Waals surface area contributed by atoms with E-state index in [9.17, 15) is 9.59 Å². The van der Waals surface area contributed by atoms with Crippen molar-refractivity contribution in [1.29, 1.82) is 0 Å². The molecule has 0 fully saturated rings. The van der Waals surface area contributed by atoms with Gasteiger partial charge in [0, 0.05) is 5.57 Å². The van der Waals surface area contributed by atoms with Crippen molar-refractivity contribution in [1.82, 2.24) is 0 Å². The number of carbonyl (C=O) groups is 2. The van der Waals surface area contributed by atoms with Gasteiger partial charge in [-0.1, -0.05) is 46.0 Å². The molecule has 21 heavy (non-hydrogen) atoms. The number of unbranched alkanes of at least 4 members (excludes halogenated alkanes) is 1. The lowest BCUT2D eigenvalue weighted by atomic mass is 9.94. The largest absolute Gasteiger partial charge is 0.469 e. The van der Waals surface area contributed by atoms with E-state index in [-0.39, 0.29) is 11.9 Å². The first-order chi connectivity index (χ1) is 9.70. The molecule has 0 aromatic rings. The first-order valence-corrected chi connectivity index (χ1v) is 11.1. The molecule has 0 N–H and O–H groups in total. The molecule has 0 aromatic carbocycles. The summed E-state index contributed by atoms with van der Waals surface area (Å²) in [6, 6.07) is 0. The van der Waals surface area contributed by atoms with Gasteiger partial charge in [-0.3, -0.25) is 4.79 Å². The monoisotopic (exact) mass is 314 g/mol. The van der Waals surface area contributed by atoms with Crippen molar-refractivity contribution in [2.24, 2.45) is 0 Å². The van der Waals surface area contributed by atoms with E-state index in [0.29, 0.717) is 18.4 Å². The van der Waals surface area contributed by atoms with Crippen LogP contribution in [0.4, 0.5) is 0 Å². The van der Waals surface area contributed by atoms with Crippen molar-refractivity contribution in [3.63, 3.8) is 0 Å². The van der Waals surface area contributed by atoms with Crippen LogP contribution in [-0.4, -0.2) is 34.2 Å². The molecule has 4 nitrogen and oxygen atoms in total. The Morgan fingerprint density at radius 1 is 1.10 bits per heavy atom. The van der Waals surface area contributed by atoms with Gasteiger partial charge in [0.2, 0.25) is 0 Å². The molecule has 0 aliphatic rings. The standard InChI is InChI=1S/C16H30O4Si/c1-8-10-11-13(14(17)19-3)12-16(9-2,15(18)20-4)21(5,6)7/h11H,8-10,12H2,1-7H3/b13-11+. The van der Waals surface area contributed by atoms with Crippen LogP contribution in [0.5, 0.6) is 0 Å². The lowest BCUT2D eigenvalue weighted by Gasteiger charge is -2.40. The molecular weight excluding hydrogens is 284 g/mol. The van der Waals surface area contributed by atoms with Gasteiger partial charge in [-0.05, 0) is 19.3 Å². The molecule has 5 heteroatoms. The molecule has 0 heterocycles. The average Bonchev–Trinajstić information content (AvgIpc) is 2.44. The number of carbonyl (C=O) groups excluding carboxylic acids is 2. The minimum atomic E-state index is -1.90. The van der Waals surface area contributed by atoms with Crippen LogP contribution in [0.15, 0.2) is 11.6 Å². The van der Waals surface area contributed by atoms with E-state index in [2.05, 4.69) is 26.6 Å². The van der Waals surface area contributed by atoms with Crippen LogP contribution in [0, 0.1) is 0 Å². The van der Waals surface area contributed by atoms with Crippen molar-refractivity contribution >= 4 is 20.0 Å². The summed E-state index contributed by atoms with van der Waals surface area (Å²) in [5.74, 6) is -0.557. The van der Waals surface area contributed by atoms with Crippen LogP contribution < -0.4 is 0 Å². The second-order valence-electron chi connectivity index (χ2n) is 6.36. The summed E-state index contributed by atoms with van der Waals surface area (Å²) in [5, 5.41) is -0.602. The molecular formula is C16H30O4Si. The normalized spacial score (nSPS) is 15.3. The predicted molar refractivity (Wildman–Crippen MR) is 88.0 cm³/mol. The van der Waals surface area contributed by atoms with Crippen LogP contribution in [0.2, 0.25) is 24.7 Å². The summed E-state index contributed by atoms with van der Waals surface area (Å²) in [7, 11) is 0.890. The Kier molecular flexibility index (Phi) is 7.93. The lowest BCUT2D eigenvalue weighted by Crippen LogP contribution is -2.46. The van der Waals surface area contributed by atoms with Gasteiger partial charge >= 0.3 is 11.9 Å². The molecule has 0 radical (unpaired) electrons. The zero-order valence-corrected chi connectivity index (χ0v) is 15.5. The van der Waals surface area contributed by atoms with Gasteiger partial charge in [-0.2, -0.15) is 0 Å². The summed E-state index contributed by atoms with van der Waals surface area (Å²) in [5.41, 5.74) is 0.592. The zero-order chi connectivity index (χ0) is 16.7. The van der Waals surface area contributed by atoms with Gasteiger partial charge in [0.25, 0.3) is 0 Å². The summed E-state index contributed by atoms with van der Waals surface area (Å²) < 4.78 is 9.95. The molecule has 0 rings (SSSR count). The SMILES string of the molecule is CCC/C=C(\CC(CC)(C(=O)OC)[Si](C)(C)C)C(=O)OC. The van der Waals surface area contributed by atoms with Crippen LogP contribution in [-0.2, 0) is 19.1 Å². The van der Waals surface area contributed by atoms with E-state index >= 15 is 0 Å². The number of esters is 2. The highest BCUT2D eigenvalue weighted by Crippen LogP contribution is 2.48. The Hall–Kier alpha value is -1.10. The molecule has 1 unspecified atom stereocenters. The second kappa shape index (κ2) is 8.37. The lowest BCUT2D eigenvalue weighted by molar-refractivity contribution is -0.145. The molecule has 0 saturated heterocycles. The number of allylic oxidation sites excluding steroid dienone is 1. The average molecular weight is 314 g/mol. The Morgan fingerprint density at radius 2 is 1.67 bits per heavy atom. The molecule has 0 bridgehead atoms. The summed E-state index contributed by atoms with van der Waals surface area (Å²) in [6.07, 6.45) is 4.72. The van der Waals surface area contributed by atoms with Crippen molar-refractivity contribution in [2.75, 3.05) is 14.2 Å². The maximum Gasteiger partial charge on any atom is 0.333 e. The van der Waals surface area contributed by atoms with Crippen LogP contribution in [0.25, 0.3) is 0 Å². The Balaban J connectivity index is 5.74. The van der Waals surface area contributed by atoms with Gasteiger partial charge in [-0.15, -0.1) is 0 Å². The van der Waals surface area contributed by atoms with Crippen molar-refractivity contribution in [2.45, 2.75) is 64.2 Å². The third-order valence-corrected chi connectivity index (χ3v) is 7.84. The molecule has 0 aromatic heterocycles. The third-order valence-electron chi connectivity index (χ3n) is 4.23. The van der Waals surface area contributed by atoms with Crippen molar-refractivity contribution < 1.29 is 19.1 Å².